The van der Waals surface area contributed by atoms with Crippen molar-refractivity contribution in [3.8, 4) is 0 Å². The summed E-state index contributed by atoms with van der Waals surface area (Å²) in [6.45, 7) is 10.7. The Bertz CT molecular complexity index is 430. The molecule has 0 radical (unpaired) electrons. The van der Waals surface area contributed by atoms with E-state index in [1.165, 1.54) is 12.1 Å². The van der Waals surface area contributed by atoms with Gasteiger partial charge in [-0.15, -0.1) is 12.4 Å². The quantitative estimate of drug-likeness (QED) is 0.799. The molecule has 1 aromatic rings. The lowest BCUT2D eigenvalue weighted by Gasteiger charge is -2.33. The molecule has 0 aliphatic carbocycles. The van der Waals surface area contributed by atoms with Crippen LogP contribution in [-0.2, 0) is 0 Å². The Morgan fingerprint density at radius 2 is 1.90 bits per heavy atom. The number of benzene rings is 1. The lowest BCUT2D eigenvalue weighted by molar-refractivity contribution is 0.258. The molecule has 0 spiro atoms. The van der Waals surface area contributed by atoms with Gasteiger partial charge < -0.3 is 5.32 Å². The second-order valence-corrected chi connectivity index (χ2v) is 6.83. The average molecular weight is 316 g/mol. The Hall–Kier alpha value is -0.680. The van der Waals surface area contributed by atoms with Crippen molar-refractivity contribution in [1.82, 2.24) is 16.2 Å². The largest absolute Gasteiger partial charge is 0.309 e. The van der Waals surface area contributed by atoms with Gasteiger partial charge in [-0.1, -0.05) is 32.9 Å². The van der Waals surface area contributed by atoms with Gasteiger partial charge in [0.25, 0.3) is 0 Å². The molecule has 1 aliphatic heterocycles. The number of nitrogens with one attached hydrogen (secondary N) is 3. The first-order chi connectivity index (χ1) is 9.38. The van der Waals surface area contributed by atoms with Crippen molar-refractivity contribution in [3.63, 3.8) is 0 Å². The van der Waals surface area contributed by atoms with E-state index in [4.69, 9.17) is 0 Å². The van der Waals surface area contributed by atoms with Gasteiger partial charge in [0.15, 0.2) is 0 Å². The first kappa shape index (κ1) is 18.4. The maximum Gasteiger partial charge on any atom is 0.123 e. The fraction of sp³-hybridized carbons (Fsp3) is 0.625. The van der Waals surface area contributed by atoms with Crippen LogP contribution in [0.15, 0.2) is 24.3 Å². The second-order valence-electron chi connectivity index (χ2n) is 6.83. The Kier molecular flexibility index (Phi) is 6.60. The molecule has 1 saturated heterocycles. The minimum Gasteiger partial charge on any atom is -0.309 e. The predicted octanol–water partition coefficient (Wildman–Crippen LogP) is 3.04. The van der Waals surface area contributed by atoms with Crippen molar-refractivity contribution in [1.29, 1.82) is 0 Å². The van der Waals surface area contributed by atoms with Gasteiger partial charge in [0, 0.05) is 31.1 Å². The van der Waals surface area contributed by atoms with Gasteiger partial charge >= 0.3 is 0 Å². The molecule has 1 aromatic carbocycles. The average Bonchev–Trinajstić information content (AvgIpc) is 2.76. The van der Waals surface area contributed by atoms with Crippen molar-refractivity contribution in [2.75, 3.05) is 13.1 Å². The molecule has 3 N–H and O–H groups in total. The lowest BCUT2D eigenvalue weighted by Crippen LogP contribution is -2.38. The molecule has 1 heterocycles. The number of hydrazine groups is 1. The normalized spacial score (nSPS) is 23.7. The summed E-state index contributed by atoms with van der Waals surface area (Å²) in [4.78, 5) is 0. The first-order valence-electron chi connectivity index (χ1n) is 7.35. The molecule has 1 fully saturated rings. The van der Waals surface area contributed by atoms with E-state index in [1.54, 1.807) is 0 Å². The molecule has 0 saturated carbocycles. The van der Waals surface area contributed by atoms with Gasteiger partial charge in [0.2, 0.25) is 0 Å². The van der Waals surface area contributed by atoms with Crippen molar-refractivity contribution in [2.45, 2.75) is 39.8 Å². The standard InChI is InChI=1S/C16H26FN3.ClH/c1-11-13(10-19-20-11)9-18-15(16(2,3)4)12-5-7-14(17)8-6-12;/h5-8,11,13,15,18-20H,9-10H2,1-4H3;1H. The second kappa shape index (κ2) is 7.54. The summed E-state index contributed by atoms with van der Waals surface area (Å²) in [6.07, 6.45) is 0. The van der Waals surface area contributed by atoms with Crippen molar-refractivity contribution < 1.29 is 4.39 Å². The highest BCUT2D eigenvalue weighted by molar-refractivity contribution is 5.85. The SMILES string of the molecule is CC1NNCC1CNC(c1ccc(F)cc1)C(C)(C)C.Cl. The maximum absolute atomic E-state index is 13.1. The van der Waals surface area contributed by atoms with Gasteiger partial charge in [-0.25, -0.2) is 4.39 Å². The molecule has 21 heavy (non-hydrogen) atoms. The van der Waals surface area contributed by atoms with E-state index in [9.17, 15) is 4.39 Å². The molecule has 120 valence electrons. The Morgan fingerprint density at radius 3 is 2.38 bits per heavy atom. The van der Waals surface area contributed by atoms with E-state index in [0.29, 0.717) is 12.0 Å². The highest BCUT2D eigenvalue weighted by Gasteiger charge is 2.29. The summed E-state index contributed by atoms with van der Waals surface area (Å²) in [7, 11) is 0. The topological polar surface area (TPSA) is 36.1 Å². The molecule has 5 heteroatoms. The third kappa shape index (κ3) is 4.92. The number of hydrogen-bond donors (Lipinski definition) is 3. The van der Waals surface area contributed by atoms with Crippen LogP contribution in [0.2, 0.25) is 0 Å². The van der Waals surface area contributed by atoms with E-state index in [0.717, 1.165) is 18.7 Å². The van der Waals surface area contributed by atoms with Crippen molar-refractivity contribution in [2.24, 2.45) is 11.3 Å². The van der Waals surface area contributed by atoms with Crippen molar-refractivity contribution >= 4 is 12.4 Å². The number of rotatable bonds is 4. The molecule has 0 amide bonds. The van der Waals surface area contributed by atoms with E-state index in [1.807, 2.05) is 12.1 Å². The zero-order chi connectivity index (χ0) is 14.8. The van der Waals surface area contributed by atoms with Crippen LogP contribution in [0.25, 0.3) is 0 Å². The van der Waals surface area contributed by atoms with Crippen LogP contribution < -0.4 is 16.2 Å². The van der Waals surface area contributed by atoms with Crippen LogP contribution in [0.3, 0.4) is 0 Å². The third-order valence-electron chi connectivity index (χ3n) is 4.05. The third-order valence-corrected chi connectivity index (χ3v) is 4.05. The molecule has 3 atom stereocenters. The molecular weight excluding hydrogens is 289 g/mol. The monoisotopic (exact) mass is 315 g/mol. The zero-order valence-electron chi connectivity index (χ0n) is 13.2. The number of halogens is 2. The van der Waals surface area contributed by atoms with Gasteiger partial charge in [0.05, 0.1) is 0 Å². The van der Waals surface area contributed by atoms with Crippen LogP contribution >= 0.6 is 12.4 Å². The maximum atomic E-state index is 13.1. The molecule has 1 aliphatic rings. The van der Waals surface area contributed by atoms with E-state index in [-0.39, 0.29) is 29.7 Å². The summed E-state index contributed by atoms with van der Waals surface area (Å²) in [5.74, 6) is 0.388. The van der Waals surface area contributed by atoms with Crippen molar-refractivity contribution in [3.05, 3.63) is 35.6 Å². The highest BCUT2D eigenvalue weighted by atomic mass is 35.5. The highest BCUT2D eigenvalue weighted by Crippen LogP contribution is 2.33. The predicted molar refractivity (Wildman–Crippen MR) is 87.9 cm³/mol. The van der Waals surface area contributed by atoms with Crippen LogP contribution in [0.5, 0.6) is 0 Å². The summed E-state index contributed by atoms with van der Waals surface area (Å²) >= 11 is 0. The minimum atomic E-state index is -0.181. The van der Waals surface area contributed by atoms with Crippen LogP contribution in [0.1, 0.15) is 39.3 Å². The fourth-order valence-electron chi connectivity index (χ4n) is 2.74. The molecule has 0 aromatic heterocycles. The Labute approximate surface area is 133 Å². The molecule has 2 rings (SSSR count). The minimum absolute atomic E-state index is 0. The smallest absolute Gasteiger partial charge is 0.123 e. The summed E-state index contributed by atoms with van der Waals surface area (Å²) < 4.78 is 13.1. The van der Waals surface area contributed by atoms with Gasteiger partial charge in [-0.3, -0.25) is 10.9 Å². The van der Waals surface area contributed by atoms with Gasteiger partial charge in [0.1, 0.15) is 5.82 Å². The summed E-state index contributed by atoms with van der Waals surface area (Å²) in [6, 6.07) is 7.53. The van der Waals surface area contributed by atoms with E-state index < -0.39 is 0 Å². The first-order valence-corrected chi connectivity index (χ1v) is 7.35. The Morgan fingerprint density at radius 1 is 1.29 bits per heavy atom. The molecule has 3 nitrogen and oxygen atoms in total. The molecule has 3 unspecified atom stereocenters. The van der Waals surface area contributed by atoms with Crippen LogP contribution in [-0.4, -0.2) is 19.1 Å². The summed E-state index contributed by atoms with van der Waals surface area (Å²) in [5, 5.41) is 3.67. The van der Waals surface area contributed by atoms with Crippen LogP contribution in [0.4, 0.5) is 4.39 Å². The van der Waals surface area contributed by atoms with E-state index in [2.05, 4.69) is 43.9 Å². The van der Waals surface area contributed by atoms with Crippen LogP contribution in [0, 0.1) is 17.2 Å². The lowest BCUT2D eigenvalue weighted by atomic mass is 9.82. The fourth-order valence-corrected chi connectivity index (χ4v) is 2.74. The molecular formula is C16H27ClFN3. The molecule has 0 bridgehead atoms. The number of hydrogen-bond acceptors (Lipinski definition) is 3. The van der Waals surface area contributed by atoms with E-state index >= 15 is 0 Å². The van der Waals surface area contributed by atoms with Gasteiger partial charge in [-0.05, 0) is 30.0 Å². The summed E-state index contributed by atoms with van der Waals surface area (Å²) in [5.41, 5.74) is 7.66. The Balaban J connectivity index is 0.00000220. The van der Waals surface area contributed by atoms with Gasteiger partial charge in [-0.2, -0.15) is 0 Å². The zero-order valence-corrected chi connectivity index (χ0v) is 14.1.